The number of nitrogens with one attached hydrogen (secondary N) is 2. The number of halogens is 1. The number of hydrogen-bond donors (Lipinski definition) is 2. The molecule has 0 fully saturated rings. The average molecular weight is 294 g/mol. The molecule has 20 heavy (non-hydrogen) atoms. The molecule has 2 amide bonds. The summed E-state index contributed by atoms with van der Waals surface area (Å²) in [4.78, 5) is 23.8. The zero-order valence-electron chi connectivity index (χ0n) is 10.6. The van der Waals surface area contributed by atoms with Crippen molar-refractivity contribution in [2.24, 2.45) is 0 Å². The second kappa shape index (κ2) is 6.16. The molecule has 1 aromatic carbocycles. The van der Waals surface area contributed by atoms with Crippen LogP contribution >= 0.6 is 11.6 Å². The van der Waals surface area contributed by atoms with Gasteiger partial charge in [-0.15, -0.1) is 5.10 Å². The van der Waals surface area contributed by atoms with Crippen molar-refractivity contribution in [1.29, 1.82) is 0 Å². The summed E-state index contributed by atoms with van der Waals surface area (Å²) in [6.45, 7) is 1.30. The molecule has 2 rings (SSSR count). The average Bonchev–Trinajstić information content (AvgIpc) is 2.75. The van der Waals surface area contributed by atoms with E-state index in [-0.39, 0.29) is 18.4 Å². The first-order chi connectivity index (χ1) is 9.52. The van der Waals surface area contributed by atoms with E-state index in [1.165, 1.54) is 17.9 Å². The van der Waals surface area contributed by atoms with Crippen LogP contribution in [0, 0.1) is 0 Å². The maximum atomic E-state index is 11.8. The fourth-order valence-corrected chi connectivity index (χ4v) is 1.70. The summed E-state index contributed by atoms with van der Waals surface area (Å²) in [6, 6.07) is 6.81. The minimum atomic E-state index is -0.294. The molecule has 0 aliphatic carbocycles. The van der Waals surface area contributed by atoms with E-state index in [1.807, 2.05) is 0 Å². The van der Waals surface area contributed by atoms with Crippen LogP contribution < -0.4 is 10.6 Å². The maximum absolute atomic E-state index is 11.8. The highest BCUT2D eigenvalue weighted by Gasteiger charge is 2.07. The van der Waals surface area contributed by atoms with Crippen LogP contribution in [0.3, 0.4) is 0 Å². The lowest BCUT2D eigenvalue weighted by atomic mass is 10.3. The van der Waals surface area contributed by atoms with Gasteiger partial charge in [0.15, 0.2) is 5.82 Å². The first kappa shape index (κ1) is 14.0. The molecule has 0 saturated heterocycles. The van der Waals surface area contributed by atoms with Crippen LogP contribution in [-0.4, -0.2) is 26.8 Å². The fourth-order valence-electron chi connectivity index (χ4n) is 1.51. The predicted octanol–water partition coefficient (Wildman–Crippen LogP) is 1.53. The Morgan fingerprint density at radius 1 is 1.35 bits per heavy atom. The highest BCUT2D eigenvalue weighted by Crippen LogP contribution is 2.14. The van der Waals surface area contributed by atoms with Crippen molar-refractivity contribution < 1.29 is 9.59 Å². The molecule has 0 atom stereocenters. The smallest absolute Gasteiger partial charge is 0.247 e. The topological polar surface area (TPSA) is 88.9 Å². The predicted molar refractivity (Wildman–Crippen MR) is 74.4 cm³/mol. The number of carbonyl (C=O) groups is 2. The second-order valence-corrected chi connectivity index (χ2v) is 4.44. The van der Waals surface area contributed by atoms with Gasteiger partial charge in [-0.05, 0) is 18.2 Å². The van der Waals surface area contributed by atoms with Gasteiger partial charge in [-0.3, -0.25) is 9.59 Å². The van der Waals surface area contributed by atoms with E-state index in [0.717, 1.165) is 0 Å². The van der Waals surface area contributed by atoms with Crippen molar-refractivity contribution in [2.45, 2.75) is 13.5 Å². The third-order valence-electron chi connectivity index (χ3n) is 2.23. The lowest BCUT2D eigenvalue weighted by molar-refractivity contribution is -0.117. The normalized spacial score (nSPS) is 10.1. The lowest BCUT2D eigenvalue weighted by Crippen LogP contribution is -2.20. The Bertz CT molecular complexity index is 640. The molecule has 0 radical (unpaired) electrons. The zero-order valence-corrected chi connectivity index (χ0v) is 11.4. The van der Waals surface area contributed by atoms with Crippen LogP contribution in [0.2, 0.25) is 5.02 Å². The molecule has 1 aromatic heterocycles. The van der Waals surface area contributed by atoms with Gasteiger partial charge in [-0.1, -0.05) is 17.7 Å². The summed E-state index contributed by atoms with van der Waals surface area (Å²) >= 11 is 5.82. The number of benzene rings is 1. The van der Waals surface area contributed by atoms with Gasteiger partial charge in [-0.2, -0.15) is 9.90 Å². The minimum Gasteiger partial charge on any atom is -0.324 e. The zero-order chi connectivity index (χ0) is 14.5. The summed E-state index contributed by atoms with van der Waals surface area (Å²) in [5, 5.41) is 13.5. The Kier molecular flexibility index (Phi) is 4.31. The number of rotatable bonds is 4. The van der Waals surface area contributed by atoms with Crippen LogP contribution in [0.4, 0.5) is 11.5 Å². The highest BCUT2D eigenvalue weighted by atomic mass is 35.5. The third-order valence-corrected chi connectivity index (χ3v) is 2.47. The van der Waals surface area contributed by atoms with E-state index in [2.05, 4.69) is 20.8 Å². The molecule has 0 aliphatic rings. The van der Waals surface area contributed by atoms with Crippen LogP contribution in [0.5, 0.6) is 0 Å². The fraction of sp³-hybridized carbons (Fsp3) is 0.167. The Hall–Kier alpha value is -2.41. The van der Waals surface area contributed by atoms with Gasteiger partial charge in [0, 0.05) is 17.6 Å². The van der Waals surface area contributed by atoms with E-state index in [0.29, 0.717) is 16.5 Å². The van der Waals surface area contributed by atoms with Crippen molar-refractivity contribution in [1.82, 2.24) is 15.0 Å². The standard InChI is InChI=1S/C12H12ClN5O2/c1-8(19)15-11-6-14-18(17-11)7-12(20)16-10-4-2-3-9(13)5-10/h2-6H,7H2,1H3,(H,16,20)(H,15,17,19). The molecule has 0 bridgehead atoms. The van der Waals surface area contributed by atoms with Gasteiger partial charge in [0.25, 0.3) is 0 Å². The number of hydrogen-bond acceptors (Lipinski definition) is 4. The Morgan fingerprint density at radius 2 is 2.15 bits per heavy atom. The lowest BCUT2D eigenvalue weighted by Gasteiger charge is -2.04. The monoisotopic (exact) mass is 293 g/mol. The summed E-state index contributed by atoms with van der Waals surface area (Å²) in [5.74, 6) is -0.245. The van der Waals surface area contributed by atoms with Crippen molar-refractivity contribution in [2.75, 3.05) is 10.6 Å². The summed E-state index contributed by atoms with van der Waals surface area (Å²) < 4.78 is 0. The molecule has 104 valence electrons. The largest absolute Gasteiger partial charge is 0.324 e. The Labute approximate surface area is 119 Å². The molecule has 0 saturated carbocycles. The molecular weight excluding hydrogens is 282 g/mol. The summed E-state index contributed by atoms with van der Waals surface area (Å²) in [7, 11) is 0. The highest BCUT2D eigenvalue weighted by molar-refractivity contribution is 6.30. The number of carbonyl (C=O) groups excluding carboxylic acids is 2. The van der Waals surface area contributed by atoms with Crippen molar-refractivity contribution in [3.63, 3.8) is 0 Å². The number of anilines is 2. The van der Waals surface area contributed by atoms with E-state index in [4.69, 9.17) is 11.6 Å². The van der Waals surface area contributed by atoms with E-state index in [1.54, 1.807) is 24.3 Å². The van der Waals surface area contributed by atoms with Crippen LogP contribution in [0.1, 0.15) is 6.92 Å². The number of aromatic nitrogens is 3. The van der Waals surface area contributed by atoms with Gasteiger partial charge in [-0.25, -0.2) is 0 Å². The Morgan fingerprint density at radius 3 is 2.85 bits per heavy atom. The van der Waals surface area contributed by atoms with E-state index < -0.39 is 0 Å². The van der Waals surface area contributed by atoms with Crippen molar-refractivity contribution in [3.05, 3.63) is 35.5 Å². The van der Waals surface area contributed by atoms with Gasteiger partial charge < -0.3 is 10.6 Å². The third kappa shape index (κ3) is 4.06. The number of nitrogens with zero attached hydrogens (tertiary/aromatic N) is 3. The molecule has 0 spiro atoms. The Balaban J connectivity index is 1.94. The van der Waals surface area contributed by atoms with Gasteiger partial charge in [0.05, 0.1) is 6.20 Å². The quantitative estimate of drug-likeness (QED) is 0.894. The minimum absolute atomic E-state index is 0.0634. The second-order valence-electron chi connectivity index (χ2n) is 4.00. The first-order valence-corrected chi connectivity index (χ1v) is 6.14. The van der Waals surface area contributed by atoms with Crippen LogP contribution in [-0.2, 0) is 16.1 Å². The molecule has 0 unspecified atom stereocenters. The van der Waals surface area contributed by atoms with E-state index >= 15 is 0 Å². The van der Waals surface area contributed by atoms with Crippen LogP contribution in [0.25, 0.3) is 0 Å². The van der Waals surface area contributed by atoms with Crippen molar-refractivity contribution in [3.8, 4) is 0 Å². The maximum Gasteiger partial charge on any atom is 0.247 e. The van der Waals surface area contributed by atoms with Crippen molar-refractivity contribution >= 4 is 34.9 Å². The van der Waals surface area contributed by atoms with Gasteiger partial charge in [0.2, 0.25) is 11.8 Å². The van der Waals surface area contributed by atoms with Crippen LogP contribution in [0.15, 0.2) is 30.5 Å². The molecule has 8 heteroatoms. The molecular formula is C12H12ClN5O2. The van der Waals surface area contributed by atoms with Gasteiger partial charge >= 0.3 is 0 Å². The summed E-state index contributed by atoms with van der Waals surface area (Å²) in [6.07, 6.45) is 1.37. The molecule has 2 aromatic rings. The summed E-state index contributed by atoms with van der Waals surface area (Å²) in [5.41, 5.74) is 0.594. The number of amides is 2. The van der Waals surface area contributed by atoms with E-state index in [9.17, 15) is 9.59 Å². The molecule has 1 heterocycles. The first-order valence-electron chi connectivity index (χ1n) is 5.76. The molecule has 7 nitrogen and oxygen atoms in total. The molecule has 0 aliphatic heterocycles. The van der Waals surface area contributed by atoms with Gasteiger partial charge in [0.1, 0.15) is 6.54 Å². The molecule has 2 N–H and O–H groups in total. The SMILES string of the molecule is CC(=O)Nc1cnn(CC(=O)Nc2cccc(Cl)c2)n1.